The minimum Gasteiger partial charge on any atom is -0.490 e. The van der Waals surface area contributed by atoms with Crippen LogP contribution in [0.4, 0.5) is 14.5 Å². The van der Waals surface area contributed by atoms with Crippen molar-refractivity contribution in [2.45, 2.75) is 36.7 Å². The van der Waals surface area contributed by atoms with Crippen molar-refractivity contribution in [1.82, 2.24) is 4.90 Å². The molecule has 0 unspecified atom stereocenters. The fourth-order valence-electron chi connectivity index (χ4n) is 4.38. The molecule has 180 valence electrons. The first-order chi connectivity index (χ1) is 16.2. The van der Waals surface area contributed by atoms with Gasteiger partial charge in [-0.15, -0.1) is 0 Å². The molecule has 1 amide bonds. The molecule has 2 aromatic rings. The summed E-state index contributed by atoms with van der Waals surface area (Å²) in [6.07, 6.45) is 4.92. The van der Waals surface area contributed by atoms with Crippen LogP contribution in [0.25, 0.3) is 0 Å². The molecule has 0 aromatic heterocycles. The van der Waals surface area contributed by atoms with Crippen molar-refractivity contribution >= 4 is 21.4 Å². The van der Waals surface area contributed by atoms with Gasteiger partial charge in [0, 0.05) is 38.5 Å². The van der Waals surface area contributed by atoms with Crippen LogP contribution < -0.4 is 9.64 Å². The Balaban J connectivity index is 1.54. The number of piperazine rings is 1. The van der Waals surface area contributed by atoms with Crippen LogP contribution >= 0.6 is 0 Å². The van der Waals surface area contributed by atoms with Crippen LogP contribution in [0.3, 0.4) is 0 Å². The van der Waals surface area contributed by atoms with Crippen LogP contribution in [0, 0.1) is 23.0 Å². The van der Waals surface area contributed by atoms with E-state index < -0.39 is 21.5 Å². The van der Waals surface area contributed by atoms with Gasteiger partial charge in [0.1, 0.15) is 23.5 Å². The lowest BCUT2D eigenvalue weighted by Gasteiger charge is -2.36. The summed E-state index contributed by atoms with van der Waals surface area (Å²) >= 11 is 0. The lowest BCUT2D eigenvalue weighted by Crippen LogP contribution is -2.49. The number of hydrogen-bond acceptors (Lipinski definition) is 6. The Morgan fingerprint density at radius 2 is 1.74 bits per heavy atom. The van der Waals surface area contributed by atoms with Gasteiger partial charge in [0.2, 0.25) is 0 Å². The van der Waals surface area contributed by atoms with Gasteiger partial charge in [0.15, 0.2) is 9.84 Å². The highest BCUT2D eigenvalue weighted by atomic mass is 32.2. The first-order valence-corrected chi connectivity index (χ1v) is 13.0. The molecule has 1 aliphatic carbocycles. The molecule has 0 spiro atoms. The number of nitriles is 1. The molecule has 4 rings (SSSR count). The fraction of sp³-hybridized carbons (Fsp3) is 0.417. The topological polar surface area (TPSA) is 90.7 Å². The second-order valence-electron chi connectivity index (χ2n) is 8.63. The number of anilines is 1. The summed E-state index contributed by atoms with van der Waals surface area (Å²) in [6.45, 7) is 0.953. The molecule has 0 atom stereocenters. The van der Waals surface area contributed by atoms with Crippen LogP contribution in [0.15, 0.2) is 35.2 Å². The Hall–Kier alpha value is -3.19. The molecule has 7 nitrogen and oxygen atoms in total. The molecule has 1 aliphatic heterocycles. The van der Waals surface area contributed by atoms with E-state index in [2.05, 4.69) is 0 Å². The predicted molar refractivity (Wildman–Crippen MR) is 122 cm³/mol. The Morgan fingerprint density at radius 3 is 2.35 bits per heavy atom. The zero-order valence-electron chi connectivity index (χ0n) is 18.8. The standard InChI is InChI=1S/C24H25F2N3O4S/c1-34(31,32)18-6-7-23(33-17-4-2-3-5-17)19(13-18)24(30)29-10-8-28(9-11-29)22-14-20(25)16(15-27)12-21(22)26/h6-7,12-14,17H,2-5,8-11H2,1H3. The number of amides is 1. The van der Waals surface area contributed by atoms with E-state index >= 15 is 0 Å². The summed E-state index contributed by atoms with van der Waals surface area (Å²) in [5.74, 6) is -1.52. The van der Waals surface area contributed by atoms with Crippen LogP contribution in [-0.2, 0) is 9.84 Å². The molecular formula is C24H25F2N3O4S. The van der Waals surface area contributed by atoms with Crippen molar-refractivity contribution in [1.29, 1.82) is 5.26 Å². The zero-order chi connectivity index (χ0) is 24.5. The molecule has 2 aromatic carbocycles. The highest BCUT2D eigenvalue weighted by Gasteiger charge is 2.28. The van der Waals surface area contributed by atoms with Gasteiger partial charge in [-0.2, -0.15) is 5.26 Å². The average molecular weight is 490 g/mol. The minimum atomic E-state index is -3.53. The van der Waals surface area contributed by atoms with Crippen molar-refractivity contribution < 1.29 is 26.7 Å². The summed E-state index contributed by atoms with van der Waals surface area (Å²) in [4.78, 5) is 16.6. The second-order valence-corrected chi connectivity index (χ2v) is 10.6. The first kappa shape index (κ1) is 24.0. The van der Waals surface area contributed by atoms with Crippen LogP contribution in [0.2, 0.25) is 0 Å². The summed E-state index contributed by atoms with van der Waals surface area (Å²) in [5, 5.41) is 8.87. The number of rotatable bonds is 5. The Bertz CT molecular complexity index is 1250. The number of carbonyl (C=O) groups is 1. The van der Waals surface area contributed by atoms with E-state index in [4.69, 9.17) is 10.00 Å². The van der Waals surface area contributed by atoms with Crippen molar-refractivity contribution in [2.75, 3.05) is 37.3 Å². The fourth-order valence-corrected chi connectivity index (χ4v) is 5.03. The van der Waals surface area contributed by atoms with E-state index in [0.29, 0.717) is 5.75 Å². The van der Waals surface area contributed by atoms with Gasteiger partial charge >= 0.3 is 0 Å². The normalized spacial score (nSPS) is 17.0. The molecule has 1 saturated heterocycles. The molecule has 0 radical (unpaired) electrons. The Morgan fingerprint density at radius 1 is 1.06 bits per heavy atom. The molecule has 2 fully saturated rings. The Kier molecular flexibility index (Phi) is 6.75. The molecule has 10 heteroatoms. The van der Waals surface area contributed by atoms with Crippen molar-refractivity contribution in [3.8, 4) is 11.8 Å². The third-order valence-corrected chi connectivity index (χ3v) is 7.38. The summed E-state index contributed by atoms with van der Waals surface area (Å²) in [6, 6.07) is 7.80. The van der Waals surface area contributed by atoms with Gasteiger partial charge in [-0.25, -0.2) is 17.2 Å². The van der Waals surface area contributed by atoms with E-state index in [9.17, 15) is 22.0 Å². The van der Waals surface area contributed by atoms with Gasteiger partial charge < -0.3 is 14.5 Å². The smallest absolute Gasteiger partial charge is 0.257 e. The van der Waals surface area contributed by atoms with E-state index in [1.807, 2.05) is 0 Å². The number of hydrogen-bond donors (Lipinski definition) is 0. The van der Waals surface area contributed by atoms with Crippen molar-refractivity contribution in [3.63, 3.8) is 0 Å². The Labute approximate surface area is 197 Å². The molecule has 0 N–H and O–H groups in total. The average Bonchev–Trinajstić information content (AvgIpc) is 3.32. The molecule has 2 aliphatic rings. The maximum absolute atomic E-state index is 14.4. The summed E-state index contributed by atoms with van der Waals surface area (Å²) in [7, 11) is -3.53. The summed E-state index contributed by atoms with van der Waals surface area (Å²) < 4.78 is 58.7. The molecule has 1 heterocycles. The third-order valence-electron chi connectivity index (χ3n) is 6.27. The van der Waals surface area contributed by atoms with Gasteiger partial charge in [-0.3, -0.25) is 4.79 Å². The molecule has 0 bridgehead atoms. The zero-order valence-corrected chi connectivity index (χ0v) is 19.6. The van der Waals surface area contributed by atoms with Gasteiger partial charge in [0.25, 0.3) is 5.91 Å². The van der Waals surface area contributed by atoms with E-state index in [-0.39, 0.29) is 59.9 Å². The SMILES string of the molecule is CS(=O)(=O)c1ccc(OC2CCCC2)c(C(=O)N2CCN(c3cc(F)c(C#N)cc3F)CC2)c1. The number of benzene rings is 2. The van der Waals surface area contributed by atoms with Gasteiger partial charge in [-0.1, -0.05) is 0 Å². The number of carbonyl (C=O) groups excluding carboxylic acids is 1. The molecule has 34 heavy (non-hydrogen) atoms. The number of ether oxygens (including phenoxy) is 1. The maximum atomic E-state index is 14.4. The van der Waals surface area contributed by atoms with Crippen LogP contribution in [0.5, 0.6) is 5.75 Å². The van der Waals surface area contributed by atoms with Crippen LogP contribution in [0.1, 0.15) is 41.6 Å². The lowest BCUT2D eigenvalue weighted by molar-refractivity contribution is 0.0739. The van der Waals surface area contributed by atoms with Crippen molar-refractivity contribution in [3.05, 3.63) is 53.1 Å². The first-order valence-electron chi connectivity index (χ1n) is 11.1. The monoisotopic (exact) mass is 489 g/mol. The van der Waals surface area contributed by atoms with Crippen LogP contribution in [-0.4, -0.2) is 57.8 Å². The number of halogens is 2. The number of sulfone groups is 1. The van der Waals surface area contributed by atoms with Gasteiger partial charge in [-0.05, 0) is 49.9 Å². The van der Waals surface area contributed by atoms with E-state index in [0.717, 1.165) is 44.1 Å². The quantitative estimate of drug-likeness (QED) is 0.638. The van der Waals surface area contributed by atoms with E-state index in [1.54, 1.807) is 15.9 Å². The van der Waals surface area contributed by atoms with E-state index in [1.165, 1.54) is 18.2 Å². The third kappa shape index (κ3) is 4.99. The minimum absolute atomic E-state index is 0.0123. The predicted octanol–water partition coefficient (Wildman–Crippen LogP) is 3.52. The highest BCUT2D eigenvalue weighted by Crippen LogP contribution is 2.30. The molecular weight excluding hydrogens is 464 g/mol. The number of nitrogens with zero attached hydrogens (tertiary/aromatic N) is 3. The largest absolute Gasteiger partial charge is 0.490 e. The highest BCUT2D eigenvalue weighted by molar-refractivity contribution is 7.90. The van der Waals surface area contributed by atoms with Gasteiger partial charge in [0.05, 0.1) is 27.8 Å². The second kappa shape index (κ2) is 9.58. The molecule has 1 saturated carbocycles. The lowest BCUT2D eigenvalue weighted by atomic mass is 10.1. The maximum Gasteiger partial charge on any atom is 0.257 e. The summed E-state index contributed by atoms with van der Waals surface area (Å²) in [5.41, 5.74) is -0.151. The van der Waals surface area contributed by atoms with Crippen molar-refractivity contribution in [2.24, 2.45) is 0 Å².